The maximum Gasteiger partial charge on any atom is 0.0825 e. The van der Waals surface area contributed by atoms with E-state index >= 15 is 0 Å². The van der Waals surface area contributed by atoms with Crippen LogP contribution in [-0.4, -0.2) is 6.54 Å². The van der Waals surface area contributed by atoms with Crippen LogP contribution in [0.4, 0.5) is 0 Å². The van der Waals surface area contributed by atoms with E-state index in [4.69, 9.17) is 5.73 Å². The second-order valence-corrected chi connectivity index (χ2v) is 5.25. The lowest BCUT2D eigenvalue weighted by atomic mass is 9.81. The zero-order valence-corrected chi connectivity index (χ0v) is 10.2. The molecule has 18 heavy (non-hydrogen) atoms. The average Bonchev–Trinajstić information content (AvgIpc) is 2.71. The van der Waals surface area contributed by atoms with Crippen molar-refractivity contribution in [3.05, 3.63) is 70.8 Å². The van der Waals surface area contributed by atoms with Crippen LogP contribution < -0.4 is 11.1 Å². The standard InChI is InChI=1S/C16H16N2/c17-10-16-13-7-3-1-5-11(13)9-15(18-16)12-6-2-4-8-14(12)16/h1-8,15,18H,9-10,17H2/t15-,16+/m1/s1. The number of hydrogen-bond donors (Lipinski definition) is 2. The highest BCUT2D eigenvalue weighted by Gasteiger charge is 2.47. The molecule has 2 heterocycles. The van der Waals surface area contributed by atoms with E-state index in [1.807, 2.05) is 0 Å². The van der Waals surface area contributed by atoms with Crippen molar-refractivity contribution in [1.29, 1.82) is 0 Å². The summed E-state index contributed by atoms with van der Waals surface area (Å²) in [6.07, 6.45) is 1.06. The van der Waals surface area contributed by atoms with Gasteiger partial charge in [-0.1, -0.05) is 48.5 Å². The molecule has 0 saturated heterocycles. The van der Waals surface area contributed by atoms with Gasteiger partial charge in [0.1, 0.15) is 0 Å². The van der Waals surface area contributed by atoms with Gasteiger partial charge in [-0.3, -0.25) is 5.32 Å². The first-order valence-electron chi connectivity index (χ1n) is 6.51. The molecule has 4 rings (SSSR count). The van der Waals surface area contributed by atoms with Gasteiger partial charge < -0.3 is 5.73 Å². The lowest BCUT2D eigenvalue weighted by Gasteiger charge is -2.36. The smallest absolute Gasteiger partial charge is 0.0825 e. The van der Waals surface area contributed by atoms with Crippen molar-refractivity contribution in [2.45, 2.75) is 18.0 Å². The molecule has 2 atom stereocenters. The van der Waals surface area contributed by atoms with E-state index in [-0.39, 0.29) is 5.54 Å². The Morgan fingerprint density at radius 3 is 2.61 bits per heavy atom. The SMILES string of the molecule is NC[C@]12N[C@H](Cc3ccccc31)c1ccccc12. The monoisotopic (exact) mass is 236 g/mol. The van der Waals surface area contributed by atoms with E-state index in [1.54, 1.807) is 0 Å². The van der Waals surface area contributed by atoms with Crippen LogP contribution in [0.5, 0.6) is 0 Å². The highest BCUT2D eigenvalue weighted by Crippen LogP contribution is 2.47. The van der Waals surface area contributed by atoms with Gasteiger partial charge in [0.25, 0.3) is 0 Å². The Bertz CT molecular complexity index is 607. The van der Waals surface area contributed by atoms with Gasteiger partial charge in [-0.2, -0.15) is 0 Å². The van der Waals surface area contributed by atoms with Gasteiger partial charge in [0.05, 0.1) is 5.54 Å². The van der Waals surface area contributed by atoms with Crippen molar-refractivity contribution in [3.8, 4) is 0 Å². The largest absolute Gasteiger partial charge is 0.328 e. The molecule has 0 aliphatic carbocycles. The maximum atomic E-state index is 6.14. The Kier molecular flexibility index (Phi) is 1.97. The molecule has 0 aromatic heterocycles. The lowest BCUT2D eigenvalue weighted by molar-refractivity contribution is 0.368. The molecule has 2 nitrogen and oxygen atoms in total. The molecule has 0 fully saturated rings. The van der Waals surface area contributed by atoms with Crippen LogP contribution in [-0.2, 0) is 12.0 Å². The van der Waals surface area contributed by atoms with E-state index in [1.165, 1.54) is 22.3 Å². The third kappa shape index (κ3) is 1.10. The zero-order valence-electron chi connectivity index (χ0n) is 10.2. The van der Waals surface area contributed by atoms with Crippen molar-refractivity contribution in [2.24, 2.45) is 5.73 Å². The minimum absolute atomic E-state index is 0.171. The summed E-state index contributed by atoms with van der Waals surface area (Å²) in [6, 6.07) is 17.8. The zero-order chi connectivity index (χ0) is 12.2. The van der Waals surface area contributed by atoms with Crippen LogP contribution in [0, 0.1) is 0 Å². The van der Waals surface area contributed by atoms with E-state index in [2.05, 4.69) is 53.8 Å². The summed E-state index contributed by atoms with van der Waals surface area (Å²) in [5.74, 6) is 0. The summed E-state index contributed by atoms with van der Waals surface area (Å²) in [4.78, 5) is 0. The molecule has 2 aliphatic rings. The predicted octanol–water partition coefficient (Wildman–Crippen LogP) is 2.09. The summed E-state index contributed by atoms with van der Waals surface area (Å²) in [5.41, 5.74) is 11.5. The highest BCUT2D eigenvalue weighted by molar-refractivity contribution is 5.55. The van der Waals surface area contributed by atoms with Crippen molar-refractivity contribution < 1.29 is 0 Å². The Morgan fingerprint density at radius 2 is 1.78 bits per heavy atom. The number of nitrogens with one attached hydrogen (secondary N) is 1. The quantitative estimate of drug-likeness (QED) is 0.795. The second-order valence-electron chi connectivity index (χ2n) is 5.25. The molecule has 90 valence electrons. The Morgan fingerprint density at radius 1 is 1.06 bits per heavy atom. The van der Waals surface area contributed by atoms with Gasteiger partial charge in [-0.15, -0.1) is 0 Å². The van der Waals surface area contributed by atoms with Gasteiger partial charge in [0.2, 0.25) is 0 Å². The van der Waals surface area contributed by atoms with Gasteiger partial charge in [0, 0.05) is 12.6 Å². The normalized spacial score (nSPS) is 27.7. The minimum atomic E-state index is -0.171. The molecule has 3 N–H and O–H groups in total. The number of benzene rings is 2. The fourth-order valence-electron chi connectivity index (χ4n) is 3.64. The molecule has 2 aromatic rings. The van der Waals surface area contributed by atoms with E-state index < -0.39 is 0 Å². The van der Waals surface area contributed by atoms with Gasteiger partial charge >= 0.3 is 0 Å². The summed E-state index contributed by atoms with van der Waals surface area (Å²) in [6.45, 7) is 0.609. The van der Waals surface area contributed by atoms with Gasteiger partial charge in [-0.05, 0) is 28.7 Å². The van der Waals surface area contributed by atoms with Crippen LogP contribution in [0.15, 0.2) is 48.5 Å². The number of rotatable bonds is 1. The van der Waals surface area contributed by atoms with E-state index in [9.17, 15) is 0 Å². The van der Waals surface area contributed by atoms with Gasteiger partial charge in [0.15, 0.2) is 0 Å². The molecule has 2 bridgehead atoms. The number of fused-ring (bicyclic) bond motifs is 7. The lowest BCUT2D eigenvalue weighted by Crippen LogP contribution is -2.49. The molecule has 2 aliphatic heterocycles. The summed E-state index contributed by atoms with van der Waals surface area (Å²) >= 11 is 0. The molecule has 0 radical (unpaired) electrons. The average molecular weight is 236 g/mol. The van der Waals surface area contributed by atoms with Crippen LogP contribution in [0.25, 0.3) is 0 Å². The first-order valence-corrected chi connectivity index (χ1v) is 6.51. The molecule has 0 amide bonds. The minimum Gasteiger partial charge on any atom is -0.328 e. The summed E-state index contributed by atoms with van der Waals surface area (Å²) < 4.78 is 0. The predicted molar refractivity (Wildman–Crippen MR) is 72.3 cm³/mol. The maximum absolute atomic E-state index is 6.14. The first kappa shape index (κ1) is 10.3. The number of hydrogen-bond acceptors (Lipinski definition) is 2. The van der Waals surface area contributed by atoms with Crippen LogP contribution >= 0.6 is 0 Å². The molecule has 0 saturated carbocycles. The van der Waals surface area contributed by atoms with Crippen LogP contribution in [0.2, 0.25) is 0 Å². The fraction of sp³-hybridized carbons (Fsp3) is 0.250. The van der Waals surface area contributed by atoms with Crippen LogP contribution in [0.1, 0.15) is 28.3 Å². The van der Waals surface area contributed by atoms with Crippen molar-refractivity contribution >= 4 is 0 Å². The van der Waals surface area contributed by atoms with Crippen molar-refractivity contribution in [2.75, 3.05) is 6.54 Å². The Labute approximate surface area is 107 Å². The number of nitrogens with two attached hydrogens (primary N) is 1. The van der Waals surface area contributed by atoms with Crippen molar-refractivity contribution in [3.63, 3.8) is 0 Å². The third-order valence-corrected chi connectivity index (χ3v) is 4.42. The highest BCUT2D eigenvalue weighted by atomic mass is 15.1. The van der Waals surface area contributed by atoms with Crippen molar-refractivity contribution in [1.82, 2.24) is 5.32 Å². The Hall–Kier alpha value is -1.64. The topological polar surface area (TPSA) is 38.0 Å². The van der Waals surface area contributed by atoms with E-state index in [0.717, 1.165) is 6.42 Å². The molecule has 0 unspecified atom stereocenters. The molecule has 2 aromatic carbocycles. The van der Waals surface area contributed by atoms with E-state index in [0.29, 0.717) is 12.6 Å². The van der Waals surface area contributed by atoms with Crippen LogP contribution in [0.3, 0.4) is 0 Å². The Balaban J connectivity index is 2.05. The van der Waals surface area contributed by atoms with Gasteiger partial charge in [-0.25, -0.2) is 0 Å². The fourth-order valence-corrected chi connectivity index (χ4v) is 3.64. The third-order valence-electron chi connectivity index (χ3n) is 4.42. The molecular weight excluding hydrogens is 220 g/mol. The second kappa shape index (κ2) is 3.44. The first-order chi connectivity index (χ1) is 8.85. The summed E-state index contributed by atoms with van der Waals surface area (Å²) in [7, 11) is 0. The summed E-state index contributed by atoms with van der Waals surface area (Å²) in [5, 5.41) is 3.75. The molecular formula is C16H16N2. The molecule has 2 heteroatoms. The molecule has 0 spiro atoms.